The van der Waals surface area contributed by atoms with E-state index in [4.69, 9.17) is 9.47 Å². The minimum Gasteiger partial charge on any atom is -0.462 e. The van der Waals surface area contributed by atoms with Gasteiger partial charge in [0, 0.05) is 25.2 Å². The van der Waals surface area contributed by atoms with E-state index < -0.39 is 17.8 Å². The molecule has 0 bridgehead atoms. The van der Waals surface area contributed by atoms with Crippen molar-refractivity contribution in [3.63, 3.8) is 0 Å². The van der Waals surface area contributed by atoms with Gasteiger partial charge in [0.2, 0.25) is 5.79 Å². The molecule has 0 spiro atoms. The van der Waals surface area contributed by atoms with Crippen molar-refractivity contribution in [2.45, 2.75) is 75.8 Å². The Morgan fingerprint density at radius 1 is 1.38 bits per heavy atom. The van der Waals surface area contributed by atoms with Crippen LogP contribution in [0.4, 0.5) is 8.78 Å². The lowest BCUT2D eigenvalue weighted by Gasteiger charge is -2.43. The Morgan fingerprint density at radius 3 is 2.86 bits per heavy atom. The van der Waals surface area contributed by atoms with Crippen LogP contribution in [0, 0.1) is 11.8 Å². The summed E-state index contributed by atoms with van der Waals surface area (Å²) in [6, 6.07) is 0. The maximum absolute atomic E-state index is 14.2. The van der Waals surface area contributed by atoms with Crippen LogP contribution in [-0.4, -0.2) is 35.0 Å². The highest BCUT2D eigenvalue weighted by Gasteiger charge is 2.61. The third kappa shape index (κ3) is 2.46. The number of fused-ring (bicyclic) bond motifs is 3. The largest absolute Gasteiger partial charge is 0.462 e. The first kappa shape index (κ1) is 15.2. The molecule has 0 amide bonds. The van der Waals surface area contributed by atoms with Crippen LogP contribution in [0.3, 0.4) is 0 Å². The molecule has 4 unspecified atom stereocenters. The molecule has 2 heterocycles. The van der Waals surface area contributed by atoms with Gasteiger partial charge in [0.05, 0.1) is 12.5 Å². The Balaban J connectivity index is 1.69. The van der Waals surface area contributed by atoms with Crippen LogP contribution in [0.2, 0.25) is 0 Å². The summed E-state index contributed by atoms with van der Waals surface area (Å²) < 4.78 is 39.1. The fourth-order valence-corrected chi connectivity index (χ4v) is 4.03. The van der Waals surface area contributed by atoms with Gasteiger partial charge in [0.25, 0.3) is 0 Å². The molecule has 0 aromatic carbocycles. The Hall–Kier alpha value is -0.750. The van der Waals surface area contributed by atoms with E-state index in [0.29, 0.717) is 32.1 Å². The predicted molar refractivity (Wildman–Crippen MR) is 69.6 cm³/mol. The van der Waals surface area contributed by atoms with Gasteiger partial charge in [-0.05, 0) is 18.8 Å². The van der Waals surface area contributed by atoms with Gasteiger partial charge in [-0.1, -0.05) is 13.3 Å². The predicted octanol–water partition coefficient (Wildman–Crippen LogP) is 2.63. The average Bonchev–Trinajstić information content (AvgIpc) is 2.91. The van der Waals surface area contributed by atoms with Gasteiger partial charge in [-0.3, -0.25) is 4.79 Å². The second kappa shape index (κ2) is 5.16. The van der Waals surface area contributed by atoms with E-state index in [-0.39, 0.29) is 36.8 Å². The van der Waals surface area contributed by atoms with E-state index in [1.165, 1.54) is 0 Å². The minimum atomic E-state index is -3.23. The summed E-state index contributed by atoms with van der Waals surface area (Å²) in [7, 11) is 0. The zero-order valence-corrected chi connectivity index (χ0v) is 12.2. The molecule has 1 aliphatic carbocycles. The molecule has 2 saturated heterocycles. The summed E-state index contributed by atoms with van der Waals surface area (Å²) in [6.07, 6.45) is 1.14. The first-order valence-electron chi connectivity index (χ1n) is 7.84. The lowest BCUT2D eigenvalue weighted by molar-refractivity contribution is -0.356. The fraction of sp³-hybridized carbons (Fsp3) is 0.933. The van der Waals surface area contributed by atoms with E-state index >= 15 is 0 Å². The van der Waals surface area contributed by atoms with E-state index in [9.17, 15) is 18.7 Å². The smallest absolute Gasteiger partial charge is 0.306 e. The first-order chi connectivity index (χ1) is 9.86. The molecule has 2 aliphatic heterocycles. The van der Waals surface area contributed by atoms with Crippen molar-refractivity contribution in [2.75, 3.05) is 0 Å². The number of carbonyl (C=O) groups is 1. The number of unbranched alkanes of at least 4 members (excludes halogenated alkanes) is 1. The van der Waals surface area contributed by atoms with Crippen LogP contribution in [0.25, 0.3) is 0 Å². The summed E-state index contributed by atoms with van der Waals surface area (Å²) >= 11 is 0. The second-order valence-corrected chi connectivity index (χ2v) is 6.58. The van der Waals surface area contributed by atoms with E-state index in [1.807, 2.05) is 6.92 Å². The summed E-state index contributed by atoms with van der Waals surface area (Å²) in [5, 5.41) is 10.3. The highest BCUT2D eigenvalue weighted by atomic mass is 19.3. The molecule has 1 N–H and O–H groups in total. The molecule has 5 atom stereocenters. The van der Waals surface area contributed by atoms with Crippen molar-refractivity contribution in [3.8, 4) is 0 Å². The highest BCUT2D eigenvalue weighted by Crippen LogP contribution is 2.52. The molecule has 0 aromatic rings. The third-order valence-electron chi connectivity index (χ3n) is 5.23. The van der Waals surface area contributed by atoms with Crippen molar-refractivity contribution in [1.82, 2.24) is 0 Å². The number of esters is 1. The average molecular weight is 304 g/mol. The Morgan fingerprint density at radius 2 is 2.14 bits per heavy atom. The summed E-state index contributed by atoms with van der Waals surface area (Å²) in [6.45, 7) is 1.84. The SMILES string of the molecule is CCCCC(F)(F)C1(O)CC[C@H]2C(CC3OC(=O)CC32)O1. The number of alkyl halides is 2. The van der Waals surface area contributed by atoms with E-state index in [0.717, 1.165) is 0 Å². The van der Waals surface area contributed by atoms with Gasteiger partial charge in [0.15, 0.2) is 0 Å². The number of aliphatic hydroxyl groups is 1. The number of rotatable bonds is 4. The van der Waals surface area contributed by atoms with Gasteiger partial charge in [-0.15, -0.1) is 0 Å². The zero-order chi connectivity index (χ0) is 15.3. The van der Waals surface area contributed by atoms with Crippen molar-refractivity contribution in [1.29, 1.82) is 0 Å². The number of hydrogen-bond donors (Lipinski definition) is 1. The molecular formula is C15H22F2O4. The van der Waals surface area contributed by atoms with Crippen molar-refractivity contribution in [2.24, 2.45) is 11.8 Å². The van der Waals surface area contributed by atoms with Crippen LogP contribution in [0.5, 0.6) is 0 Å². The molecule has 3 aliphatic rings. The lowest BCUT2D eigenvalue weighted by atomic mass is 9.82. The van der Waals surface area contributed by atoms with Gasteiger partial charge in [-0.25, -0.2) is 8.78 Å². The van der Waals surface area contributed by atoms with Gasteiger partial charge >= 0.3 is 11.9 Å². The van der Waals surface area contributed by atoms with Crippen LogP contribution < -0.4 is 0 Å². The Kier molecular flexibility index (Phi) is 3.72. The van der Waals surface area contributed by atoms with Crippen molar-refractivity contribution < 1.29 is 28.2 Å². The van der Waals surface area contributed by atoms with E-state index in [2.05, 4.69) is 0 Å². The Labute approximate surface area is 122 Å². The van der Waals surface area contributed by atoms with Crippen molar-refractivity contribution in [3.05, 3.63) is 0 Å². The van der Waals surface area contributed by atoms with Crippen LogP contribution in [0.1, 0.15) is 51.9 Å². The quantitative estimate of drug-likeness (QED) is 0.811. The normalized spacial score (nSPS) is 42.6. The number of halogens is 2. The first-order valence-corrected chi connectivity index (χ1v) is 7.84. The molecule has 21 heavy (non-hydrogen) atoms. The monoisotopic (exact) mass is 304 g/mol. The molecule has 3 rings (SSSR count). The molecule has 6 heteroatoms. The van der Waals surface area contributed by atoms with Crippen molar-refractivity contribution >= 4 is 5.97 Å². The molecule has 0 radical (unpaired) electrons. The summed E-state index contributed by atoms with van der Waals surface area (Å²) in [4.78, 5) is 11.3. The molecule has 1 saturated carbocycles. The van der Waals surface area contributed by atoms with Gasteiger partial charge < -0.3 is 14.6 Å². The standard InChI is InChI=1S/C15H22F2O4/c1-2-3-5-14(16,17)15(19)6-4-9-10-7-13(18)20-11(10)8-12(9)21-15/h9-12,19H,2-8H2,1H3/t9-,10?,11?,12?,15?/m1/s1. The van der Waals surface area contributed by atoms with Gasteiger partial charge in [0.1, 0.15) is 6.10 Å². The van der Waals surface area contributed by atoms with E-state index in [1.54, 1.807) is 0 Å². The van der Waals surface area contributed by atoms with Gasteiger partial charge in [-0.2, -0.15) is 0 Å². The van der Waals surface area contributed by atoms with Crippen LogP contribution >= 0.6 is 0 Å². The number of carbonyl (C=O) groups excluding carboxylic acids is 1. The minimum absolute atomic E-state index is 0.0451. The third-order valence-corrected chi connectivity index (χ3v) is 5.23. The van der Waals surface area contributed by atoms with Crippen LogP contribution in [0.15, 0.2) is 0 Å². The molecular weight excluding hydrogens is 282 g/mol. The maximum atomic E-state index is 14.2. The molecule has 3 fully saturated rings. The maximum Gasteiger partial charge on any atom is 0.306 e. The lowest BCUT2D eigenvalue weighted by Crippen LogP contribution is -2.56. The zero-order valence-electron chi connectivity index (χ0n) is 12.2. The topological polar surface area (TPSA) is 55.8 Å². The molecule has 4 nitrogen and oxygen atoms in total. The summed E-state index contributed by atoms with van der Waals surface area (Å²) in [5.74, 6) is -5.70. The molecule has 120 valence electrons. The number of ether oxygens (including phenoxy) is 2. The van der Waals surface area contributed by atoms with Crippen LogP contribution in [-0.2, 0) is 14.3 Å². The Bertz CT molecular complexity index is 428. The fourth-order valence-electron chi connectivity index (χ4n) is 4.03. The summed E-state index contributed by atoms with van der Waals surface area (Å²) in [5.41, 5.74) is 0. The highest BCUT2D eigenvalue weighted by molar-refractivity contribution is 5.72. The molecule has 0 aromatic heterocycles. The second-order valence-electron chi connectivity index (χ2n) is 6.58. The number of hydrogen-bond acceptors (Lipinski definition) is 4.